The Hall–Kier alpha value is -2.29. The normalized spacial score (nSPS) is 14.6. The first kappa shape index (κ1) is 24.0. The molecule has 0 saturated carbocycles. The maximum absolute atomic E-state index is 12.7. The lowest BCUT2D eigenvalue weighted by atomic mass is 10.2. The predicted octanol–water partition coefficient (Wildman–Crippen LogP) is 6.46. The first-order chi connectivity index (χ1) is 13.8. The van der Waals surface area contributed by atoms with E-state index in [1.54, 1.807) is 6.92 Å². The molecule has 2 unspecified atom stereocenters. The molecule has 164 valence electrons. The van der Waals surface area contributed by atoms with Crippen molar-refractivity contribution in [3.8, 4) is 17.2 Å². The lowest BCUT2D eigenvalue weighted by molar-refractivity contribution is -0.386. The molecule has 0 aromatic heterocycles. The summed E-state index contributed by atoms with van der Waals surface area (Å²) in [6.45, 7) is 3.03. The minimum atomic E-state index is -4.58. The molecule has 2 atom stereocenters. The van der Waals surface area contributed by atoms with Crippen LogP contribution in [0.2, 0.25) is 5.02 Å². The van der Waals surface area contributed by atoms with Gasteiger partial charge in [0.25, 0.3) is 0 Å². The number of ether oxygens (including phenoxy) is 2. The van der Waals surface area contributed by atoms with Gasteiger partial charge in [0.15, 0.2) is 5.85 Å². The van der Waals surface area contributed by atoms with Gasteiger partial charge < -0.3 is 14.4 Å². The average Bonchev–Trinajstić information content (AvgIpc) is 2.62. The summed E-state index contributed by atoms with van der Waals surface area (Å²) in [6, 6.07) is 5.84. The van der Waals surface area contributed by atoms with Gasteiger partial charge >= 0.3 is 11.9 Å². The van der Waals surface area contributed by atoms with Crippen LogP contribution in [0, 0.1) is 10.1 Å². The van der Waals surface area contributed by atoms with E-state index in [1.165, 1.54) is 13.0 Å². The minimum absolute atomic E-state index is 0.0206. The molecule has 30 heavy (non-hydrogen) atoms. The number of nitro groups is 1. The Labute approximate surface area is 175 Å². The topological polar surface area (TPSA) is 98.9 Å². The van der Waals surface area contributed by atoms with Crippen LogP contribution in [0.25, 0.3) is 0 Å². The molecule has 0 aliphatic heterocycles. The van der Waals surface area contributed by atoms with Gasteiger partial charge in [0.2, 0.25) is 13.1 Å². The van der Waals surface area contributed by atoms with Crippen LogP contribution in [-0.2, 0) is 10.7 Å². The van der Waals surface area contributed by atoms with Crippen LogP contribution < -0.4 is 9.47 Å². The quantitative estimate of drug-likeness (QED) is 0.271. The largest absolute Gasteiger partial charge is 0.473 e. The van der Waals surface area contributed by atoms with Crippen molar-refractivity contribution >= 4 is 24.7 Å². The lowest BCUT2D eigenvalue weighted by Crippen LogP contribution is -2.15. The number of hydrogen-bond acceptors (Lipinski definition) is 5. The molecule has 2 aromatic carbocycles. The zero-order valence-corrected chi connectivity index (χ0v) is 17.5. The van der Waals surface area contributed by atoms with Gasteiger partial charge in [-0.2, -0.15) is 13.2 Å². The van der Waals surface area contributed by atoms with Crippen molar-refractivity contribution in [2.45, 2.75) is 32.3 Å². The Balaban J connectivity index is 2.34. The van der Waals surface area contributed by atoms with Gasteiger partial charge in [0.1, 0.15) is 11.5 Å². The second kappa shape index (κ2) is 9.24. The highest BCUT2D eigenvalue weighted by Gasteiger charge is 2.32. The Kier molecular flexibility index (Phi) is 7.39. The Morgan fingerprint density at radius 2 is 1.90 bits per heavy atom. The zero-order valence-electron chi connectivity index (χ0n) is 15.9. The zero-order chi connectivity index (χ0) is 22.7. The molecule has 7 nitrogen and oxygen atoms in total. The Morgan fingerprint density at radius 1 is 1.23 bits per heavy atom. The Morgan fingerprint density at radius 3 is 2.43 bits per heavy atom. The molecule has 0 aliphatic carbocycles. The van der Waals surface area contributed by atoms with Gasteiger partial charge in [0.05, 0.1) is 15.5 Å². The number of nitrogens with zero attached hydrogens (tertiary/aromatic N) is 1. The van der Waals surface area contributed by atoms with Crippen LogP contribution in [0.15, 0.2) is 36.4 Å². The van der Waals surface area contributed by atoms with E-state index < -0.39 is 35.6 Å². The van der Waals surface area contributed by atoms with Gasteiger partial charge in [-0.15, -0.1) is 0 Å². The van der Waals surface area contributed by atoms with Gasteiger partial charge in [-0.3, -0.25) is 14.7 Å². The fourth-order valence-electron chi connectivity index (χ4n) is 2.46. The molecule has 0 radical (unpaired) electrons. The summed E-state index contributed by atoms with van der Waals surface area (Å²) >= 11 is 5.85. The van der Waals surface area contributed by atoms with E-state index in [9.17, 15) is 32.7 Å². The van der Waals surface area contributed by atoms with E-state index >= 15 is 0 Å². The lowest BCUT2D eigenvalue weighted by Gasteiger charge is -2.20. The highest BCUT2D eigenvalue weighted by Crippen LogP contribution is 2.48. The van der Waals surface area contributed by atoms with Crippen molar-refractivity contribution in [1.29, 1.82) is 0 Å². The van der Waals surface area contributed by atoms with Crippen molar-refractivity contribution in [2.75, 3.05) is 6.16 Å². The van der Waals surface area contributed by atoms with Crippen LogP contribution in [0.4, 0.5) is 18.9 Å². The highest BCUT2D eigenvalue weighted by molar-refractivity contribution is 7.58. The summed E-state index contributed by atoms with van der Waals surface area (Å²) in [6.07, 6.45) is -4.19. The van der Waals surface area contributed by atoms with Gasteiger partial charge in [-0.1, -0.05) is 18.5 Å². The number of alkyl halides is 3. The number of rotatable bonds is 8. The van der Waals surface area contributed by atoms with Crippen molar-refractivity contribution in [1.82, 2.24) is 0 Å². The number of nitro benzene ring substituents is 1. The molecule has 0 heterocycles. The van der Waals surface area contributed by atoms with Crippen LogP contribution in [0.1, 0.15) is 25.8 Å². The second-order valence-corrected chi connectivity index (χ2v) is 9.42. The molecule has 1 N–H and O–H groups in total. The van der Waals surface area contributed by atoms with Crippen LogP contribution in [-0.4, -0.2) is 21.8 Å². The van der Waals surface area contributed by atoms with Crippen molar-refractivity contribution < 1.29 is 37.0 Å². The molecule has 0 saturated heterocycles. The molecular formula is C18H18ClF3NO6P. The molecule has 0 aliphatic rings. The summed E-state index contributed by atoms with van der Waals surface area (Å²) in [5.74, 6) is -1.68. The average molecular weight is 468 g/mol. The maximum atomic E-state index is 12.7. The van der Waals surface area contributed by atoms with Crippen LogP contribution in [0.5, 0.6) is 17.2 Å². The molecule has 2 rings (SSSR count). The van der Waals surface area contributed by atoms with Gasteiger partial charge in [-0.25, -0.2) is 0 Å². The molecule has 12 heteroatoms. The summed E-state index contributed by atoms with van der Waals surface area (Å²) < 4.78 is 61.3. The fraction of sp³-hybridized carbons (Fsp3) is 0.333. The third-order valence-corrected chi connectivity index (χ3v) is 6.65. The molecule has 0 spiro atoms. The molecule has 0 fully saturated rings. The van der Waals surface area contributed by atoms with E-state index in [4.69, 9.17) is 21.1 Å². The maximum Gasteiger partial charge on any atom is 0.416 e. The van der Waals surface area contributed by atoms with E-state index in [0.717, 1.165) is 24.3 Å². The molecular weight excluding hydrogens is 450 g/mol. The Bertz CT molecular complexity index is 985. The molecule has 0 bridgehead atoms. The third kappa shape index (κ3) is 5.87. The molecule has 2 aromatic rings. The van der Waals surface area contributed by atoms with Crippen LogP contribution in [0.3, 0.4) is 0 Å². The van der Waals surface area contributed by atoms with E-state index in [0.29, 0.717) is 12.5 Å². The number of hydrogen-bond donors (Lipinski definition) is 1. The number of benzene rings is 2. The smallest absolute Gasteiger partial charge is 0.416 e. The van der Waals surface area contributed by atoms with E-state index in [-0.39, 0.29) is 28.4 Å². The van der Waals surface area contributed by atoms with Crippen molar-refractivity contribution in [3.63, 3.8) is 0 Å². The second-order valence-electron chi connectivity index (χ2n) is 6.33. The fourth-order valence-corrected chi connectivity index (χ4v) is 3.96. The summed E-state index contributed by atoms with van der Waals surface area (Å²) in [4.78, 5) is 20.5. The third-order valence-electron chi connectivity index (χ3n) is 4.02. The van der Waals surface area contributed by atoms with Crippen molar-refractivity contribution in [2.24, 2.45) is 0 Å². The summed E-state index contributed by atoms with van der Waals surface area (Å²) in [5, 5.41) is 10.9. The summed E-state index contributed by atoms with van der Waals surface area (Å²) in [7, 11) is -3.72. The number of halogens is 4. The highest BCUT2D eigenvalue weighted by atomic mass is 35.5. The standard InChI is InChI=1S/C18H18ClF3NO6P/c1-3-8-30(26,27)11(2)28-17-10-13(5-6-15(17)23(24)25)29-16-7-4-12(9-14(16)19)18(20,21)22/h4-7,9-11H,3,8H2,1-2H3,(H,26,27). The van der Waals surface area contributed by atoms with E-state index in [1.807, 2.05) is 0 Å². The monoisotopic (exact) mass is 467 g/mol. The predicted molar refractivity (Wildman–Crippen MR) is 105 cm³/mol. The van der Waals surface area contributed by atoms with Gasteiger partial charge in [0, 0.05) is 18.3 Å². The van der Waals surface area contributed by atoms with Crippen LogP contribution >= 0.6 is 19.0 Å². The molecule has 0 amide bonds. The minimum Gasteiger partial charge on any atom is -0.473 e. The SMILES string of the molecule is CCCP(=O)(O)C(C)Oc1cc(Oc2ccc(C(F)(F)F)cc2Cl)ccc1[N+](=O)[O-]. The van der Waals surface area contributed by atoms with Crippen molar-refractivity contribution in [3.05, 3.63) is 57.1 Å². The first-order valence-corrected chi connectivity index (χ1v) is 11.0. The van der Waals surface area contributed by atoms with Gasteiger partial charge in [-0.05, 0) is 37.6 Å². The van der Waals surface area contributed by atoms with E-state index in [2.05, 4.69) is 0 Å². The first-order valence-electron chi connectivity index (χ1n) is 8.66. The summed E-state index contributed by atoms with van der Waals surface area (Å²) in [5.41, 5.74) is -1.43.